The minimum atomic E-state index is -4.88. The van der Waals surface area contributed by atoms with Crippen LogP contribution in [-0.4, -0.2) is 102 Å². The predicted molar refractivity (Wildman–Crippen MR) is 212 cm³/mol. The first-order valence-corrected chi connectivity index (χ1v) is 22.6. The zero-order valence-corrected chi connectivity index (χ0v) is 34.8. The second-order valence-corrected chi connectivity index (χ2v) is 18.4. The monoisotopic (exact) mass is 944 g/mol. The van der Waals surface area contributed by atoms with Crippen LogP contribution in [-0.2, 0) is 48.8 Å². The van der Waals surface area contributed by atoms with Gasteiger partial charge in [-0.1, -0.05) is 0 Å². The number of carbonyl (C=O) groups is 2. The number of phenolic OH excluding ortho intramolecular Hbond substituents is 2. The highest BCUT2D eigenvalue weighted by atomic mass is 32.3. The third-order valence-electron chi connectivity index (χ3n) is 7.67. The Bertz CT molecular complexity index is 2940. The van der Waals surface area contributed by atoms with E-state index < -0.39 is 106 Å². The molecule has 30 heteroatoms. The molecule has 0 aliphatic heterocycles. The number of carbonyl (C=O) groups excluding carboxylic acids is 1. The van der Waals surface area contributed by atoms with Gasteiger partial charge in [-0.2, -0.15) is 27.1 Å². The van der Waals surface area contributed by atoms with Crippen LogP contribution in [0.3, 0.4) is 0 Å². The number of aromatic hydroxyl groups is 2. The number of phenols is 2. The average Bonchev–Trinajstić information content (AvgIpc) is 3.15. The number of nitrogens with two attached hydrogens (primary N) is 1. The van der Waals surface area contributed by atoms with E-state index in [9.17, 15) is 58.6 Å². The zero-order valence-electron chi connectivity index (χ0n) is 31.5. The van der Waals surface area contributed by atoms with Crippen LogP contribution in [0.4, 0.5) is 44.6 Å². The van der Waals surface area contributed by atoms with Crippen molar-refractivity contribution in [2.75, 3.05) is 37.1 Å². The number of aromatic carboxylic acids is 1. The van der Waals surface area contributed by atoms with E-state index in [1.165, 1.54) is 38.3 Å². The van der Waals surface area contributed by atoms with Crippen molar-refractivity contribution in [3.63, 3.8) is 0 Å². The molecule has 0 saturated heterocycles. The first-order chi connectivity index (χ1) is 28.8. The Morgan fingerprint density at radius 2 is 1.24 bits per heavy atom. The van der Waals surface area contributed by atoms with E-state index in [0.29, 0.717) is 6.07 Å². The number of hydrogen-bond donors (Lipinski definition) is 7. The van der Waals surface area contributed by atoms with Crippen molar-refractivity contribution in [2.24, 2.45) is 36.4 Å². The predicted octanol–water partition coefficient (Wildman–Crippen LogP) is 5.04. The van der Waals surface area contributed by atoms with Crippen molar-refractivity contribution in [1.82, 2.24) is 0 Å². The van der Waals surface area contributed by atoms with Gasteiger partial charge >= 0.3 is 32.8 Å². The van der Waals surface area contributed by atoms with Gasteiger partial charge in [-0.3, -0.25) is 9.11 Å². The molecule has 0 fully saturated rings. The van der Waals surface area contributed by atoms with Gasteiger partial charge in [-0.25, -0.2) is 34.8 Å². The summed E-state index contributed by atoms with van der Waals surface area (Å²) >= 11 is 0. The molecule has 332 valence electrons. The number of primary amides is 1. The molecular weight excluding hydrogens is 913 g/mol. The molecule has 0 aromatic heterocycles. The second kappa shape index (κ2) is 19.4. The van der Waals surface area contributed by atoms with Crippen LogP contribution >= 0.6 is 0 Å². The van der Waals surface area contributed by atoms with Crippen LogP contribution in [0.15, 0.2) is 101 Å². The highest BCUT2D eigenvalue weighted by Crippen LogP contribution is 2.47. The summed E-state index contributed by atoms with van der Waals surface area (Å²) in [6.45, 7) is -0.339. The molecule has 4 rings (SSSR count). The van der Waals surface area contributed by atoms with E-state index in [2.05, 4.69) is 44.4 Å². The van der Waals surface area contributed by atoms with Gasteiger partial charge in [0.2, 0.25) is 0 Å². The SMILES string of the molecule is COc1cc(S(=O)(=O)CCOS(=O)(=O)O)c(C)cc1N=Nc1ccc(N=Nc2c(O)cc(C(=O)O)c(N=Nc3ccc(S(=O)(=O)CCOS(=O)(=O)O)cc3)c2O)cc1NC(N)=O. The maximum Gasteiger partial charge on any atom is 0.397 e. The van der Waals surface area contributed by atoms with Gasteiger partial charge in [-0.05, 0) is 67.1 Å². The van der Waals surface area contributed by atoms with Crippen molar-refractivity contribution < 1.29 is 80.8 Å². The number of amides is 2. The fourth-order valence-electron chi connectivity index (χ4n) is 4.90. The average molecular weight is 945 g/mol. The molecule has 0 radical (unpaired) electrons. The number of azo groups is 3. The zero-order chi connectivity index (χ0) is 46.2. The van der Waals surface area contributed by atoms with Crippen LogP contribution in [0.5, 0.6) is 17.2 Å². The minimum absolute atomic E-state index is 0.00243. The van der Waals surface area contributed by atoms with Gasteiger partial charge in [0.1, 0.15) is 28.6 Å². The number of urea groups is 1. The van der Waals surface area contributed by atoms with E-state index in [1.54, 1.807) is 0 Å². The number of hydrogen-bond acceptors (Lipinski definition) is 21. The van der Waals surface area contributed by atoms with Crippen LogP contribution in [0.1, 0.15) is 15.9 Å². The van der Waals surface area contributed by atoms with Crippen LogP contribution in [0.2, 0.25) is 0 Å². The molecule has 4 aromatic rings. The number of ether oxygens (including phenoxy) is 1. The van der Waals surface area contributed by atoms with Gasteiger partial charge in [0.25, 0.3) is 0 Å². The Kier molecular flexibility index (Phi) is 15.1. The standard InChI is InChI=1S/C32H32N8O18S4/c1-17-13-24(26(56-2)16-27(17)60(48,49)12-10-58-62(53,54)55)38-37-22-8-5-19(14-23(22)34-32(33)45)36-40-29-25(41)15-21(31(43)44)28(30(29)42)39-35-18-3-6-20(7-4-18)59(46,47)11-9-57-61(50,51)52/h3-8,13-16,41-42H,9-12H2,1-2H3,(H,43,44)(H3,33,34,45)(H,50,51,52)(H,53,54,55). The maximum absolute atomic E-state index is 12.8. The van der Waals surface area contributed by atoms with E-state index in [1.807, 2.05) is 0 Å². The number of rotatable bonds is 19. The fraction of sp³-hybridized carbons (Fsp3) is 0.188. The third-order valence-corrected chi connectivity index (χ3v) is 12.1. The number of anilines is 1. The molecule has 8 N–H and O–H groups in total. The van der Waals surface area contributed by atoms with E-state index in [0.717, 1.165) is 30.3 Å². The highest BCUT2D eigenvalue weighted by Gasteiger charge is 2.24. The smallest absolute Gasteiger partial charge is 0.397 e. The van der Waals surface area contributed by atoms with Crippen molar-refractivity contribution in [3.05, 3.63) is 71.8 Å². The van der Waals surface area contributed by atoms with Crippen molar-refractivity contribution >= 4 is 92.3 Å². The number of methoxy groups -OCH3 is 1. The summed E-state index contributed by atoms with van der Waals surface area (Å²) in [5, 5.41) is 56.9. The van der Waals surface area contributed by atoms with Gasteiger partial charge < -0.3 is 31.1 Å². The largest absolute Gasteiger partial charge is 0.505 e. The molecule has 62 heavy (non-hydrogen) atoms. The number of carboxylic acid groups (broad SMARTS) is 1. The van der Waals surface area contributed by atoms with Crippen LogP contribution < -0.4 is 15.8 Å². The quantitative estimate of drug-likeness (QED) is 0.0478. The van der Waals surface area contributed by atoms with Gasteiger partial charge in [0, 0.05) is 6.07 Å². The lowest BCUT2D eigenvalue weighted by Gasteiger charge is -2.12. The lowest BCUT2D eigenvalue weighted by atomic mass is 10.1. The highest BCUT2D eigenvalue weighted by molar-refractivity contribution is 7.91. The number of aryl methyl sites for hydroxylation is 1. The molecule has 0 aliphatic rings. The Hall–Kier alpha value is -6.54. The molecule has 2 amide bonds. The summed E-state index contributed by atoms with van der Waals surface area (Å²) in [6.07, 6.45) is 0. The number of nitrogens with zero attached hydrogens (tertiary/aromatic N) is 6. The van der Waals surface area contributed by atoms with Gasteiger partial charge in [0.05, 0.1) is 64.2 Å². The number of sulfone groups is 2. The summed E-state index contributed by atoms with van der Waals surface area (Å²) in [4.78, 5) is 23.3. The van der Waals surface area contributed by atoms with E-state index >= 15 is 0 Å². The molecule has 0 heterocycles. The fourth-order valence-corrected chi connectivity index (χ4v) is 8.15. The first-order valence-electron chi connectivity index (χ1n) is 16.6. The van der Waals surface area contributed by atoms with Crippen molar-refractivity contribution in [2.45, 2.75) is 16.7 Å². The first kappa shape index (κ1) is 48.1. The molecule has 0 unspecified atom stereocenters. The van der Waals surface area contributed by atoms with Crippen molar-refractivity contribution in [3.8, 4) is 17.2 Å². The van der Waals surface area contributed by atoms with E-state index in [-0.39, 0.29) is 49.5 Å². The lowest BCUT2D eigenvalue weighted by Crippen LogP contribution is -2.19. The van der Waals surface area contributed by atoms with Gasteiger partial charge in [0.15, 0.2) is 31.1 Å². The molecule has 0 bridgehead atoms. The molecule has 26 nitrogen and oxygen atoms in total. The normalized spacial score (nSPS) is 12.6. The summed E-state index contributed by atoms with van der Waals surface area (Å²) < 4.78 is 124. The Morgan fingerprint density at radius 3 is 1.81 bits per heavy atom. The number of carboxylic acids is 1. The van der Waals surface area contributed by atoms with Crippen LogP contribution in [0, 0.1) is 6.92 Å². The maximum atomic E-state index is 12.8. The van der Waals surface area contributed by atoms with Crippen LogP contribution in [0.25, 0.3) is 0 Å². The van der Waals surface area contributed by atoms with Gasteiger partial charge in [-0.15, -0.1) is 20.5 Å². The molecule has 4 aromatic carbocycles. The lowest BCUT2D eigenvalue weighted by molar-refractivity contribution is 0.0696. The van der Waals surface area contributed by atoms with E-state index in [4.69, 9.17) is 19.6 Å². The number of benzene rings is 4. The summed E-state index contributed by atoms with van der Waals surface area (Å²) in [6, 6.07) is 10.1. The summed E-state index contributed by atoms with van der Waals surface area (Å²) in [5.41, 5.74) is 3.04. The minimum Gasteiger partial charge on any atom is -0.505 e. The number of nitrogens with one attached hydrogen (secondary N) is 1. The third kappa shape index (κ3) is 13.2. The molecule has 0 spiro atoms. The Labute approximate surface area is 351 Å². The Morgan fingerprint density at radius 1 is 0.694 bits per heavy atom. The van der Waals surface area contributed by atoms with Crippen molar-refractivity contribution in [1.29, 1.82) is 0 Å². The second-order valence-electron chi connectivity index (χ2n) is 12.0. The molecular formula is C32H32N8O18S4. The summed E-state index contributed by atoms with van der Waals surface area (Å²) in [7, 11) is -16.8. The summed E-state index contributed by atoms with van der Waals surface area (Å²) in [5.74, 6) is -5.27. The Balaban J connectivity index is 1.63. The molecule has 0 atom stereocenters. The topological polar surface area (TPSA) is 412 Å². The molecule has 0 aliphatic carbocycles. The molecule has 0 saturated carbocycles.